The molecule has 0 atom stereocenters. The van der Waals surface area contributed by atoms with Crippen LogP contribution < -0.4 is 5.32 Å². The van der Waals surface area contributed by atoms with E-state index in [9.17, 15) is 14.9 Å². The second-order valence-corrected chi connectivity index (χ2v) is 6.69. The minimum Gasteiger partial charge on any atom is -0.320 e. The number of nitrogens with one attached hydrogen (secondary N) is 1. The SMILES string of the molecule is Cc1ccc(-n2nnnc2SCCC(=O)Nc2ccccc2[N+](=O)[O-])cc1. The number of rotatable bonds is 7. The molecule has 9 nitrogen and oxygen atoms in total. The summed E-state index contributed by atoms with van der Waals surface area (Å²) in [6, 6.07) is 13.8. The van der Waals surface area contributed by atoms with Gasteiger partial charge < -0.3 is 5.32 Å². The number of nitrogens with zero attached hydrogens (tertiary/aromatic N) is 5. The summed E-state index contributed by atoms with van der Waals surface area (Å²) in [6.07, 6.45) is 0.164. The Morgan fingerprint density at radius 2 is 1.96 bits per heavy atom. The number of carbonyl (C=O) groups is 1. The van der Waals surface area contributed by atoms with Crippen LogP contribution in [0.2, 0.25) is 0 Å². The Hall–Kier alpha value is -3.27. The van der Waals surface area contributed by atoms with Gasteiger partial charge in [-0.3, -0.25) is 14.9 Å². The molecule has 0 bridgehead atoms. The van der Waals surface area contributed by atoms with E-state index in [2.05, 4.69) is 20.8 Å². The standard InChI is InChI=1S/C17H16N6O3S/c1-12-6-8-13(9-7-12)22-17(19-20-21-22)27-11-10-16(24)18-14-4-2-3-5-15(14)23(25)26/h2-9H,10-11H2,1H3,(H,18,24). The van der Waals surface area contributed by atoms with Gasteiger partial charge >= 0.3 is 0 Å². The van der Waals surface area contributed by atoms with E-state index in [0.717, 1.165) is 11.3 Å². The van der Waals surface area contributed by atoms with Crippen LogP contribution in [0.5, 0.6) is 0 Å². The quantitative estimate of drug-likeness (QED) is 0.378. The van der Waals surface area contributed by atoms with E-state index >= 15 is 0 Å². The van der Waals surface area contributed by atoms with Crippen molar-refractivity contribution in [3.05, 3.63) is 64.2 Å². The second-order valence-electron chi connectivity index (χ2n) is 5.63. The lowest BCUT2D eigenvalue weighted by molar-refractivity contribution is -0.383. The molecule has 3 rings (SSSR count). The highest BCUT2D eigenvalue weighted by Gasteiger charge is 2.15. The maximum Gasteiger partial charge on any atom is 0.292 e. The first kappa shape index (κ1) is 18.5. The number of hydrogen-bond donors (Lipinski definition) is 1. The number of tetrazole rings is 1. The lowest BCUT2D eigenvalue weighted by Crippen LogP contribution is -2.13. The van der Waals surface area contributed by atoms with Gasteiger partial charge in [-0.15, -0.1) is 5.10 Å². The van der Waals surface area contributed by atoms with Crippen LogP contribution in [0.3, 0.4) is 0 Å². The Bertz CT molecular complexity index is 957. The van der Waals surface area contributed by atoms with E-state index in [1.165, 1.54) is 23.9 Å². The Morgan fingerprint density at radius 3 is 2.70 bits per heavy atom. The lowest BCUT2D eigenvalue weighted by atomic mass is 10.2. The van der Waals surface area contributed by atoms with E-state index in [4.69, 9.17) is 0 Å². The van der Waals surface area contributed by atoms with Crippen molar-refractivity contribution in [3.8, 4) is 5.69 Å². The summed E-state index contributed by atoms with van der Waals surface area (Å²) in [5.41, 5.74) is 2.01. The van der Waals surface area contributed by atoms with Gasteiger partial charge in [0.2, 0.25) is 11.1 Å². The Labute approximate surface area is 158 Å². The van der Waals surface area contributed by atoms with E-state index in [0.29, 0.717) is 10.9 Å². The van der Waals surface area contributed by atoms with Crippen molar-refractivity contribution in [2.45, 2.75) is 18.5 Å². The van der Waals surface area contributed by atoms with Crippen LogP contribution in [-0.2, 0) is 4.79 Å². The minimum absolute atomic E-state index is 0.137. The molecule has 2 aromatic carbocycles. The maximum atomic E-state index is 12.1. The van der Waals surface area contributed by atoms with Gasteiger partial charge in [-0.2, -0.15) is 4.68 Å². The van der Waals surface area contributed by atoms with Gasteiger partial charge in [0.25, 0.3) is 5.69 Å². The van der Waals surface area contributed by atoms with Gasteiger partial charge in [-0.25, -0.2) is 0 Å². The largest absolute Gasteiger partial charge is 0.320 e. The summed E-state index contributed by atoms with van der Waals surface area (Å²) in [5, 5.41) is 25.8. The van der Waals surface area contributed by atoms with Crippen LogP contribution in [0.1, 0.15) is 12.0 Å². The highest BCUT2D eigenvalue weighted by Crippen LogP contribution is 2.24. The van der Waals surface area contributed by atoms with Crippen molar-refractivity contribution in [2.75, 3.05) is 11.1 Å². The number of aryl methyl sites for hydroxylation is 1. The zero-order chi connectivity index (χ0) is 19.2. The number of carbonyl (C=O) groups excluding carboxylic acids is 1. The summed E-state index contributed by atoms with van der Waals surface area (Å²) < 4.78 is 1.60. The molecule has 1 N–H and O–H groups in total. The van der Waals surface area contributed by atoms with Gasteiger partial charge in [0.05, 0.1) is 10.6 Å². The fourth-order valence-corrected chi connectivity index (χ4v) is 3.13. The van der Waals surface area contributed by atoms with Gasteiger partial charge in [-0.05, 0) is 35.5 Å². The second kappa shape index (κ2) is 8.41. The lowest BCUT2D eigenvalue weighted by Gasteiger charge is -2.06. The monoisotopic (exact) mass is 384 g/mol. The molecular weight excluding hydrogens is 368 g/mol. The molecule has 3 aromatic rings. The number of hydrogen-bond acceptors (Lipinski definition) is 7. The van der Waals surface area contributed by atoms with E-state index in [1.54, 1.807) is 16.8 Å². The number of amides is 1. The third-order valence-electron chi connectivity index (χ3n) is 3.65. The van der Waals surface area contributed by atoms with Crippen molar-refractivity contribution in [3.63, 3.8) is 0 Å². The van der Waals surface area contributed by atoms with Crippen molar-refractivity contribution in [1.82, 2.24) is 20.2 Å². The third-order valence-corrected chi connectivity index (χ3v) is 4.58. The smallest absolute Gasteiger partial charge is 0.292 e. The number of thioether (sulfide) groups is 1. The molecule has 27 heavy (non-hydrogen) atoms. The van der Waals surface area contributed by atoms with Gasteiger partial charge in [-0.1, -0.05) is 41.6 Å². The fraction of sp³-hybridized carbons (Fsp3) is 0.176. The molecule has 1 aromatic heterocycles. The number of para-hydroxylation sites is 2. The summed E-state index contributed by atoms with van der Waals surface area (Å²) in [4.78, 5) is 22.6. The first-order valence-corrected chi connectivity index (χ1v) is 9.04. The molecule has 0 spiro atoms. The van der Waals surface area contributed by atoms with Crippen molar-refractivity contribution >= 4 is 29.0 Å². The summed E-state index contributed by atoms with van der Waals surface area (Å²) in [7, 11) is 0. The molecule has 1 amide bonds. The fourth-order valence-electron chi connectivity index (χ4n) is 2.30. The number of nitro benzene ring substituents is 1. The van der Waals surface area contributed by atoms with E-state index in [1.807, 2.05) is 31.2 Å². The van der Waals surface area contributed by atoms with Gasteiger partial charge in [0, 0.05) is 18.2 Å². The molecule has 0 aliphatic heterocycles. The molecule has 138 valence electrons. The highest BCUT2D eigenvalue weighted by atomic mass is 32.2. The Kier molecular flexibility index (Phi) is 5.77. The van der Waals surface area contributed by atoms with Crippen LogP contribution in [0.4, 0.5) is 11.4 Å². The molecule has 0 aliphatic rings. The number of anilines is 1. The average molecular weight is 384 g/mol. The van der Waals surface area contributed by atoms with E-state index < -0.39 is 4.92 Å². The van der Waals surface area contributed by atoms with E-state index in [-0.39, 0.29) is 23.7 Å². The first-order valence-electron chi connectivity index (χ1n) is 8.06. The number of nitro groups is 1. The van der Waals surface area contributed by atoms with Gasteiger partial charge in [0.15, 0.2) is 0 Å². The van der Waals surface area contributed by atoms with Crippen LogP contribution >= 0.6 is 11.8 Å². The first-order chi connectivity index (χ1) is 13.0. The zero-order valence-electron chi connectivity index (χ0n) is 14.4. The van der Waals surface area contributed by atoms with Gasteiger partial charge in [0.1, 0.15) is 5.69 Å². The average Bonchev–Trinajstić information content (AvgIpc) is 3.11. The maximum absolute atomic E-state index is 12.1. The van der Waals surface area contributed by atoms with Crippen LogP contribution in [-0.4, -0.2) is 36.8 Å². The Morgan fingerprint density at radius 1 is 1.22 bits per heavy atom. The third kappa shape index (κ3) is 4.67. The normalized spacial score (nSPS) is 10.6. The molecule has 0 saturated heterocycles. The highest BCUT2D eigenvalue weighted by molar-refractivity contribution is 7.99. The van der Waals surface area contributed by atoms with Crippen molar-refractivity contribution < 1.29 is 9.72 Å². The molecular formula is C17H16N6O3S. The number of aromatic nitrogens is 4. The Balaban J connectivity index is 1.58. The molecule has 0 saturated carbocycles. The molecule has 0 fully saturated rings. The topological polar surface area (TPSA) is 116 Å². The molecule has 10 heteroatoms. The predicted octanol–water partition coefficient (Wildman–Crippen LogP) is 3.00. The van der Waals surface area contributed by atoms with Crippen molar-refractivity contribution in [2.24, 2.45) is 0 Å². The van der Waals surface area contributed by atoms with Crippen LogP contribution in [0.25, 0.3) is 5.69 Å². The summed E-state index contributed by atoms with van der Waals surface area (Å²) in [5.74, 6) is 0.116. The number of benzene rings is 2. The molecule has 0 radical (unpaired) electrons. The molecule has 1 heterocycles. The predicted molar refractivity (Wildman–Crippen MR) is 101 cm³/mol. The summed E-state index contributed by atoms with van der Waals surface area (Å²) in [6.45, 7) is 1.99. The summed E-state index contributed by atoms with van der Waals surface area (Å²) >= 11 is 1.33. The molecule has 0 aliphatic carbocycles. The minimum atomic E-state index is -0.528. The van der Waals surface area contributed by atoms with Crippen LogP contribution in [0, 0.1) is 17.0 Å². The van der Waals surface area contributed by atoms with Crippen LogP contribution in [0.15, 0.2) is 53.7 Å². The zero-order valence-corrected chi connectivity index (χ0v) is 15.2. The molecule has 0 unspecified atom stereocenters. The van der Waals surface area contributed by atoms with Crippen molar-refractivity contribution in [1.29, 1.82) is 0 Å².